The van der Waals surface area contributed by atoms with Crippen LogP contribution in [-0.2, 0) is 4.74 Å². The van der Waals surface area contributed by atoms with Gasteiger partial charge in [-0.2, -0.15) is 0 Å². The average Bonchev–Trinajstić information content (AvgIpc) is 2.68. The Kier molecular flexibility index (Phi) is 6.53. The summed E-state index contributed by atoms with van der Waals surface area (Å²) in [6.45, 7) is 10.3. The second-order valence-electron chi connectivity index (χ2n) is 7.09. The fraction of sp³-hybridized carbons (Fsp3) is 0.476. The smallest absolute Gasteiger partial charge is 0.251 e. The molecule has 1 aliphatic heterocycles. The molecular formula is C21H28N4O2. The van der Waals surface area contributed by atoms with Crippen LogP contribution in [0.1, 0.15) is 35.1 Å². The molecule has 6 nitrogen and oxygen atoms in total. The molecule has 0 aliphatic carbocycles. The topological polar surface area (TPSA) is 67.4 Å². The molecule has 0 radical (unpaired) electrons. The van der Waals surface area contributed by atoms with Crippen LogP contribution in [-0.4, -0.2) is 59.7 Å². The second kappa shape index (κ2) is 9.06. The minimum Gasteiger partial charge on any atom is -0.379 e. The number of hydrogen-bond donors (Lipinski definition) is 1. The van der Waals surface area contributed by atoms with Crippen LogP contribution in [0, 0.1) is 13.8 Å². The molecule has 2 aromatic rings. The molecule has 1 fully saturated rings. The summed E-state index contributed by atoms with van der Waals surface area (Å²) in [6, 6.07) is 9.86. The van der Waals surface area contributed by atoms with Gasteiger partial charge in [-0.25, -0.2) is 9.97 Å². The number of nitrogens with zero attached hydrogens (tertiary/aromatic N) is 3. The first-order valence-electron chi connectivity index (χ1n) is 9.55. The van der Waals surface area contributed by atoms with Crippen LogP contribution in [0.4, 0.5) is 0 Å². The summed E-state index contributed by atoms with van der Waals surface area (Å²) in [5.41, 5.74) is 3.45. The third-order valence-corrected chi connectivity index (χ3v) is 4.90. The number of ether oxygens (including phenoxy) is 1. The van der Waals surface area contributed by atoms with Gasteiger partial charge in [-0.15, -0.1) is 0 Å². The molecule has 1 amide bonds. The highest BCUT2D eigenvalue weighted by Gasteiger charge is 2.17. The molecule has 1 N–H and O–H groups in total. The highest BCUT2D eigenvalue weighted by atomic mass is 16.5. The van der Waals surface area contributed by atoms with Crippen molar-refractivity contribution in [3.05, 3.63) is 47.3 Å². The number of aryl methyl sites for hydroxylation is 2. The molecule has 1 aliphatic rings. The lowest BCUT2D eigenvalue weighted by atomic mass is 10.1. The maximum Gasteiger partial charge on any atom is 0.251 e. The fourth-order valence-corrected chi connectivity index (χ4v) is 3.32. The van der Waals surface area contributed by atoms with Crippen molar-refractivity contribution in [3.8, 4) is 11.4 Å². The van der Waals surface area contributed by atoms with E-state index in [1.807, 2.05) is 44.2 Å². The molecule has 1 aromatic carbocycles. The molecular weight excluding hydrogens is 340 g/mol. The first-order chi connectivity index (χ1) is 13.0. The molecule has 0 saturated carbocycles. The second-order valence-corrected chi connectivity index (χ2v) is 7.09. The first-order valence-corrected chi connectivity index (χ1v) is 9.55. The largest absolute Gasteiger partial charge is 0.379 e. The molecule has 6 heteroatoms. The van der Waals surface area contributed by atoms with Gasteiger partial charge in [0.2, 0.25) is 0 Å². The van der Waals surface area contributed by atoms with E-state index in [1.165, 1.54) is 0 Å². The van der Waals surface area contributed by atoms with Crippen LogP contribution in [0.25, 0.3) is 11.4 Å². The molecule has 2 heterocycles. The van der Waals surface area contributed by atoms with E-state index < -0.39 is 0 Å². The molecule has 27 heavy (non-hydrogen) atoms. The van der Waals surface area contributed by atoms with E-state index in [4.69, 9.17) is 4.74 Å². The van der Waals surface area contributed by atoms with Crippen molar-refractivity contribution in [2.24, 2.45) is 0 Å². The van der Waals surface area contributed by atoms with E-state index >= 15 is 0 Å². The van der Waals surface area contributed by atoms with Crippen molar-refractivity contribution in [2.75, 3.05) is 32.8 Å². The van der Waals surface area contributed by atoms with Crippen molar-refractivity contribution in [3.63, 3.8) is 0 Å². The number of aromatic nitrogens is 2. The number of carbonyl (C=O) groups excluding carboxylic acids is 1. The monoisotopic (exact) mass is 368 g/mol. The molecule has 0 spiro atoms. The summed E-state index contributed by atoms with van der Waals surface area (Å²) in [4.78, 5) is 23.7. The Morgan fingerprint density at radius 2 is 1.78 bits per heavy atom. The number of morpholine rings is 1. The van der Waals surface area contributed by atoms with Gasteiger partial charge >= 0.3 is 0 Å². The van der Waals surface area contributed by atoms with Crippen LogP contribution in [0.3, 0.4) is 0 Å². The van der Waals surface area contributed by atoms with Gasteiger partial charge in [0.05, 0.1) is 13.2 Å². The first kappa shape index (κ1) is 19.5. The van der Waals surface area contributed by atoms with Crippen molar-refractivity contribution < 1.29 is 9.53 Å². The van der Waals surface area contributed by atoms with Gasteiger partial charge in [-0.05, 0) is 45.4 Å². The highest BCUT2D eigenvalue weighted by Crippen LogP contribution is 2.17. The van der Waals surface area contributed by atoms with Gasteiger partial charge < -0.3 is 10.1 Å². The summed E-state index contributed by atoms with van der Waals surface area (Å²) in [7, 11) is 0. The SMILES string of the molecule is Cc1cc(C)nc(-c2ccc(C(=O)NCC[C@@H](C)N3CCOCC3)cc2)n1. The van der Waals surface area contributed by atoms with Crippen LogP contribution >= 0.6 is 0 Å². The Morgan fingerprint density at radius 3 is 2.41 bits per heavy atom. The van der Waals surface area contributed by atoms with Gasteiger partial charge in [0.1, 0.15) is 0 Å². The van der Waals surface area contributed by atoms with E-state index in [9.17, 15) is 4.79 Å². The molecule has 1 saturated heterocycles. The molecule has 0 unspecified atom stereocenters. The van der Waals surface area contributed by atoms with Crippen LogP contribution < -0.4 is 5.32 Å². The Bertz CT molecular complexity index is 750. The summed E-state index contributed by atoms with van der Waals surface area (Å²) >= 11 is 0. The van der Waals surface area contributed by atoms with Crippen molar-refractivity contribution in [1.82, 2.24) is 20.2 Å². The van der Waals surface area contributed by atoms with Gasteiger partial charge in [0.15, 0.2) is 5.82 Å². The van der Waals surface area contributed by atoms with E-state index in [0.717, 1.165) is 49.7 Å². The van der Waals surface area contributed by atoms with Crippen molar-refractivity contribution in [1.29, 1.82) is 0 Å². The standard InChI is InChI=1S/C21H28N4O2/c1-15-14-16(2)24-20(23-15)18-4-6-19(7-5-18)21(26)22-9-8-17(3)25-10-12-27-13-11-25/h4-7,14,17H,8-13H2,1-3H3,(H,22,26)/t17-/m1/s1. The predicted molar refractivity (Wildman–Crippen MR) is 106 cm³/mol. The van der Waals surface area contributed by atoms with Crippen molar-refractivity contribution >= 4 is 5.91 Å². The van der Waals surface area contributed by atoms with Crippen LogP contribution in [0.5, 0.6) is 0 Å². The van der Waals surface area contributed by atoms with Gasteiger partial charge in [0, 0.05) is 48.2 Å². The van der Waals surface area contributed by atoms with Crippen LogP contribution in [0.15, 0.2) is 30.3 Å². The molecule has 144 valence electrons. The third kappa shape index (κ3) is 5.34. The normalized spacial score (nSPS) is 16.1. The fourth-order valence-electron chi connectivity index (χ4n) is 3.32. The van der Waals surface area contributed by atoms with E-state index in [-0.39, 0.29) is 5.91 Å². The Morgan fingerprint density at radius 1 is 1.15 bits per heavy atom. The maximum atomic E-state index is 12.4. The number of rotatable bonds is 6. The van der Waals surface area contributed by atoms with Gasteiger partial charge in [-0.1, -0.05) is 12.1 Å². The lowest BCUT2D eigenvalue weighted by Crippen LogP contribution is -2.43. The predicted octanol–water partition coefficient (Wildman–Crippen LogP) is 2.60. The maximum absolute atomic E-state index is 12.4. The third-order valence-electron chi connectivity index (χ3n) is 4.90. The summed E-state index contributed by atoms with van der Waals surface area (Å²) in [5.74, 6) is 0.649. The number of hydrogen-bond acceptors (Lipinski definition) is 5. The average molecular weight is 368 g/mol. The zero-order valence-electron chi connectivity index (χ0n) is 16.4. The number of benzene rings is 1. The lowest BCUT2D eigenvalue weighted by molar-refractivity contribution is 0.0187. The molecule has 1 atom stereocenters. The van der Waals surface area contributed by atoms with Crippen molar-refractivity contribution in [2.45, 2.75) is 33.2 Å². The van der Waals surface area contributed by atoms with Crippen LogP contribution in [0.2, 0.25) is 0 Å². The van der Waals surface area contributed by atoms with E-state index in [0.29, 0.717) is 24.0 Å². The van der Waals surface area contributed by atoms with Gasteiger partial charge in [0.25, 0.3) is 5.91 Å². The minimum atomic E-state index is -0.0444. The minimum absolute atomic E-state index is 0.0444. The van der Waals surface area contributed by atoms with Gasteiger partial charge in [-0.3, -0.25) is 9.69 Å². The Hall–Kier alpha value is -2.31. The van der Waals surface area contributed by atoms with E-state index in [2.05, 4.69) is 27.1 Å². The number of carbonyl (C=O) groups is 1. The summed E-state index contributed by atoms with van der Waals surface area (Å²) in [5, 5.41) is 3.02. The lowest BCUT2D eigenvalue weighted by Gasteiger charge is -2.32. The molecule has 3 rings (SSSR count). The van der Waals surface area contributed by atoms with E-state index in [1.54, 1.807) is 0 Å². The Labute approximate surface area is 161 Å². The molecule has 0 bridgehead atoms. The quantitative estimate of drug-likeness (QED) is 0.849. The zero-order valence-corrected chi connectivity index (χ0v) is 16.4. The molecule has 1 aromatic heterocycles. The summed E-state index contributed by atoms with van der Waals surface area (Å²) < 4.78 is 5.38. The number of amides is 1. The highest BCUT2D eigenvalue weighted by molar-refractivity contribution is 5.94. The zero-order chi connectivity index (χ0) is 19.2. The Balaban J connectivity index is 1.53. The number of nitrogens with one attached hydrogen (secondary N) is 1. The summed E-state index contributed by atoms with van der Waals surface area (Å²) in [6.07, 6.45) is 0.931.